The third-order valence-corrected chi connectivity index (χ3v) is 5.36. The Morgan fingerprint density at radius 3 is 2.64 bits per heavy atom. The molecule has 0 radical (unpaired) electrons. The summed E-state index contributed by atoms with van der Waals surface area (Å²) in [5.41, 5.74) is 9.11. The van der Waals surface area contributed by atoms with Crippen LogP contribution in [0.4, 0.5) is 5.95 Å². The largest absolute Gasteiger partial charge is 0.368 e. The van der Waals surface area contributed by atoms with Crippen molar-refractivity contribution < 1.29 is 14.3 Å². The Balaban J connectivity index is 1.56. The maximum absolute atomic E-state index is 13.2. The van der Waals surface area contributed by atoms with Gasteiger partial charge in [-0.25, -0.2) is 15.0 Å². The number of anilines is 1. The fourth-order valence-corrected chi connectivity index (χ4v) is 3.66. The molecule has 9 nitrogen and oxygen atoms in total. The number of hydrogen-bond acceptors (Lipinski definition) is 7. The van der Waals surface area contributed by atoms with E-state index in [-0.39, 0.29) is 12.0 Å². The zero-order chi connectivity index (χ0) is 23.5. The number of primary amides is 1. The number of aromatic nitrogens is 3. The molecule has 1 aromatic carbocycles. The fourth-order valence-electron chi connectivity index (χ4n) is 3.66. The molecule has 0 aliphatic carbocycles. The van der Waals surface area contributed by atoms with Crippen LogP contribution in [0.15, 0.2) is 48.5 Å². The summed E-state index contributed by atoms with van der Waals surface area (Å²) in [6, 6.07) is 14.3. The van der Waals surface area contributed by atoms with Gasteiger partial charge in [0.1, 0.15) is 11.8 Å². The van der Waals surface area contributed by atoms with E-state index in [4.69, 9.17) is 15.5 Å². The van der Waals surface area contributed by atoms with E-state index in [9.17, 15) is 9.59 Å². The fraction of sp³-hybridized carbons (Fsp3) is 0.292. The molecule has 3 heterocycles. The van der Waals surface area contributed by atoms with E-state index in [0.29, 0.717) is 48.3 Å². The molecule has 1 aliphatic heterocycles. The van der Waals surface area contributed by atoms with Crippen LogP contribution in [0.1, 0.15) is 38.3 Å². The van der Waals surface area contributed by atoms with Crippen molar-refractivity contribution in [3.8, 4) is 11.3 Å². The van der Waals surface area contributed by atoms with Crippen LogP contribution in [0, 0.1) is 6.92 Å². The van der Waals surface area contributed by atoms with E-state index in [1.165, 1.54) is 0 Å². The SMILES string of the molecule is Cc1cc(C(=O)N2CCOC(c3cccc(-c4cccc(C(N)=O)c4)n3)C2)nc(N(C)C)n1. The maximum Gasteiger partial charge on any atom is 0.272 e. The molecule has 1 saturated heterocycles. The van der Waals surface area contributed by atoms with Crippen molar-refractivity contribution >= 4 is 17.8 Å². The van der Waals surface area contributed by atoms with Crippen LogP contribution in [0.2, 0.25) is 0 Å². The van der Waals surface area contributed by atoms with Crippen LogP contribution in [-0.4, -0.2) is 65.5 Å². The summed E-state index contributed by atoms with van der Waals surface area (Å²) in [6.07, 6.45) is -0.377. The molecule has 2 amide bonds. The van der Waals surface area contributed by atoms with Crippen molar-refractivity contribution in [2.24, 2.45) is 5.73 Å². The third-order valence-electron chi connectivity index (χ3n) is 5.36. The number of pyridine rings is 1. The Kier molecular flexibility index (Phi) is 6.32. The molecule has 1 aliphatic rings. The molecule has 4 rings (SSSR count). The predicted molar refractivity (Wildman–Crippen MR) is 124 cm³/mol. The summed E-state index contributed by atoms with van der Waals surface area (Å²) in [5, 5.41) is 0. The number of aryl methyl sites for hydroxylation is 1. The molecule has 33 heavy (non-hydrogen) atoms. The van der Waals surface area contributed by atoms with E-state index in [1.807, 2.05) is 45.3 Å². The zero-order valence-electron chi connectivity index (χ0n) is 18.9. The highest BCUT2D eigenvalue weighted by Crippen LogP contribution is 2.25. The van der Waals surface area contributed by atoms with Gasteiger partial charge in [0.25, 0.3) is 5.91 Å². The highest BCUT2D eigenvalue weighted by Gasteiger charge is 2.28. The highest BCUT2D eigenvalue weighted by molar-refractivity contribution is 5.94. The molecule has 2 aromatic heterocycles. The smallest absolute Gasteiger partial charge is 0.272 e. The maximum atomic E-state index is 13.2. The zero-order valence-corrected chi connectivity index (χ0v) is 18.9. The quantitative estimate of drug-likeness (QED) is 0.639. The summed E-state index contributed by atoms with van der Waals surface area (Å²) in [6.45, 7) is 3.06. The molecule has 9 heteroatoms. The van der Waals surface area contributed by atoms with Crippen LogP contribution >= 0.6 is 0 Å². The summed E-state index contributed by atoms with van der Waals surface area (Å²) in [4.78, 5) is 41.7. The van der Waals surface area contributed by atoms with Crippen LogP contribution in [0.25, 0.3) is 11.3 Å². The van der Waals surface area contributed by atoms with Gasteiger partial charge in [-0.15, -0.1) is 0 Å². The lowest BCUT2D eigenvalue weighted by Gasteiger charge is -2.32. The number of amides is 2. The normalized spacial score (nSPS) is 15.8. The van der Waals surface area contributed by atoms with Crippen molar-refractivity contribution in [1.82, 2.24) is 19.9 Å². The molecule has 1 atom stereocenters. The number of carbonyl (C=O) groups is 2. The number of nitrogens with two attached hydrogens (primary N) is 1. The predicted octanol–water partition coefficient (Wildman–Crippen LogP) is 2.23. The minimum absolute atomic E-state index is 0.165. The Morgan fingerprint density at radius 1 is 1.09 bits per heavy atom. The highest BCUT2D eigenvalue weighted by atomic mass is 16.5. The van der Waals surface area contributed by atoms with Gasteiger partial charge >= 0.3 is 0 Å². The van der Waals surface area contributed by atoms with Gasteiger partial charge in [0.05, 0.1) is 24.5 Å². The second-order valence-electron chi connectivity index (χ2n) is 8.09. The first kappa shape index (κ1) is 22.3. The Bertz CT molecular complexity index is 1200. The number of nitrogens with zero attached hydrogens (tertiary/aromatic N) is 5. The number of carbonyl (C=O) groups excluding carboxylic acids is 2. The van der Waals surface area contributed by atoms with Gasteiger partial charge in [-0.3, -0.25) is 9.59 Å². The summed E-state index contributed by atoms with van der Waals surface area (Å²) in [7, 11) is 3.68. The first-order chi connectivity index (χ1) is 15.8. The molecule has 2 N–H and O–H groups in total. The van der Waals surface area contributed by atoms with Crippen LogP contribution in [-0.2, 0) is 4.74 Å². The number of benzene rings is 1. The summed E-state index contributed by atoms with van der Waals surface area (Å²) < 4.78 is 5.95. The average molecular weight is 447 g/mol. The lowest BCUT2D eigenvalue weighted by Crippen LogP contribution is -2.43. The van der Waals surface area contributed by atoms with Gasteiger partial charge in [-0.05, 0) is 37.3 Å². The first-order valence-electron chi connectivity index (χ1n) is 10.6. The topological polar surface area (TPSA) is 115 Å². The molecule has 0 spiro atoms. The van der Waals surface area contributed by atoms with Crippen molar-refractivity contribution in [3.63, 3.8) is 0 Å². The molecule has 1 unspecified atom stereocenters. The van der Waals surface area contributed by atoms with Crippen molar-refractivity contribution in [2.75, 3.05) is 38.7 Å². The Morgan fingerprint density at radius 2 is 1.88 bits per heavy atom. The monoisotopic (exact) mass is 446 g/mol. The van der Waals surface area contributed by atoms with E-state index in [1.54, 1.807) is 34.1 Å². The Hall–Kier alpha value is -3.85. The molecule has 3 aromatic rings. The van der Waals surface area contributed by atoms with Gasteiger partial charge in [0.15, 0.2) is 0 Å². The standard InChI is InChI=1S/C24H26N6O3/c1-15-12-20(28-24(26-15)29(2)3)23(32)30-10-11-33-21(14-30)19-9-5-8-18(27-19)16-6-4-7-17(13-16)22(25)31/h4-9,12-13,21H,10-11,14H2,1-3H3,(H2,25,31). The summed E-state index contributed by atoms with van der Waals surface area (Å²) >= 11 is 0. The van der Waals surface area contributed by atoms with Crippen LogP contribution in [0.3, 0.4) is 0 Å². The number of morpholine rings is 1. The Labute approximate surface area is 192 Å². The molecule has 0 saturated carbocycles. The minimum atomic E-state index is -0.491. The molecular weight excluding hydrogens is 420 g/mol. The number of hydrogen-bond donors (Lipinski definition) is 1. The van der Waals surface area contributed by atoms with Gasteiger partial charge in [-0.1, -0.05) is 18.2 Å². The first-order valence-corrected chi connectivity index (χ1v) is 10.6. The lowest BCUT2D eigenvalue weighted by atomic mass is 10.1. The number of ether oxygens (including phenoxy) is 1. The van der Waals surface area contributed by atoms with E-state index in [0.717, 1.165) is 11.3 Å². The lowest BCUT2D eigenvalue weighted by molar-refractivity contribution is -0.0248. The average Bonchev–Trinajstić information content (AvgIpc) is 2.83. The second-order valence-corrected chi connectivity index (χ2v) is 8.09. The van der Waals surface area contributed by atoms with E-state index >= 15 is 0 Å². The van der Waals surface area contributed by atoms with E-state index in [2.05, 4.69) is 9.97 Å². The van der Waals surface area contributed by atoms with Gasteiger partial charge in [0.2, 0.25) is 11.9 Å². The molecule has 0 bridgehead atoms. The van der Waals surface area contributed by atoms with Crippen molar-refractivity contribution in [1.29, 1.82) is 0 Å². The van der Waals surface area contributed by atoms with Crippen molar-refractivity contribution in [3.05, 3.63) is 71.2 Å². The summed E-state index contributed by atoms with van der Waals surface area (Å²) in [5.74, 6) is -0.159. The van der Waals surface area contributed by atoms with E-state index < -0.39 is 5.91 Å². The van der Waals surface area contributed by atoms with Gasteiger partial charge in [0, 0.05) is 37.5 Å². The molecule has 1 fully saturated rings. The second kappa shape index (κ2) is 9.33. The minimum Gasteiger partial charge on any atom is -0.368 e. The number of rotatable bonds is 5. The van der Waals surface area contributed by atoms with Crippen LogP contribution < -0.4 is 10.6 Å². The van der Waals surface area contributed by atoms with Crippen LogP contribution in [0.5, 0.6) is 0 Å². The molecule has 170 valence electrons. The van der Waals surface area contributed by atoms with Gasteiger partial charge < -0.3 is 20.3 Å². The van der Waals surface area contributed by atoms with Gasteiger partial charge in [-0.2, -0.15) is 0 Å². The van der Waals surface area contributed by atoms with Crippen molar-refractivity contribution in [2.45, 2.75) is 13.0 Å². The molecular formula is C24H26N6O3. The third kappa shape index (κ3) is 4.98.